The fraction of sp³-hybridized carbons (Fsp3) is 0.250. The second kappa shape index (κ2) is 3.66. The van der Waals surface area contributed by atoms with Crippen molar-refractivity contribution in [1.29, 1.82) is 0 Å². The summed E-state index contributed by atoms with van der Waals surface area (Å²) in [6, 6.07) is 10.4. The first-order valence-electron chi connectivity index (χ1n) is 4.72. The van der Waals surface area contributed by atoms with Gasteiger partial charge in [0.05, 0.1) is 5.69 Å². The Hall–Kier alpha value is -1.57. The highest BCUT2D eigenvalue weighted by molar-refractivity contribution is 5.17. The van der Waals surface area contributed by atoms with Gasteiger partial charge in [0.1, 0.15) is 0 Å². The highest BCUT2D eigenvalue weighted by Gasteiger charge is 2.02. The van der Waals surface area contributed by atoms with Crippen LogP contribution in [0.4, 0.5) is 0 Å². The van der Waals surface area contributed by atoms with Crippen molar-refractivity contribution in [1.82, 2.24) is 9.55 Å². The predicted octanol–water partition coefficient (Wildman–Crippen LogP) is 2.35. The van der Waals surface area contributed by atoms with E-state index < -0.39 is 0 Å². The zero-order valence-corrected chi connectivity index (χ0v) is 8.49. The predicted molar refractivity (Wildman–Crippen MR) is 56.1 cm³/mol. The van der Waals surface area contributed by atoms with E-state index in [9.17, 15) is 0 Å². The molecule has 0 fully saturated rings. The summed E-state index contributed by atoms with van der Waals surface area (Å²) in [5.41, 5.74) is 3.53. The second-order valence-corrected chi connectivity index (χ2v) is 3.45. The quantitative estimate of drug-likeness (QED) is 0.702. The van der Waals surface area contributed by atoms with Crippen LogP contribution in [0.15, 0.2) is 30.3 Å². The van der Waals surface area contributed by atoms with E-state index >= 15 is 0 Å². The van der Waals surface area contributed by atoms with E-state index in [2.05, 4.69) is 42.5 Å². The van der Waals surface area contributed by atoms with Crippen molar-refractivity contribution in [3.8, 4) is 0 Å². The third-order valence-electron chi connectivity index (χ3n) is 2.45. The number of aryl methyl sites for hydroxylation is 1. The third-order valence-corrected chi connectivity index (χ3v) is 2.45. The molecule has 0 N–H and O–H groups in total. The molecule has 2 rings (SSSR count). The average Bonchev–Trinajstić information content (AvgIpc) is 2.52. The van der Waals surface area contributed by atoms with Gasteiger partial charge in [0.15, 0.2) is 6.33 Å². The van der Waals surface area contributed by atoms with Crippen molar-refractivity contribution in [2.24, 2.45) is 0 Å². The zero-order valence-electron chi connectivity index (χ0n) is 8.49. The van der Waals surface area contributed by atoms with Gasteiger partial charge in [-0.1, -0.05) is 30.3 Å². The molecule has 71 valence electrons. The average molecular weight is 185 g/mol. The molecule has 0 saturated carbocycles. The summed E-state index contributed by atoms with van der Waals surface area (Å²) < 4.78 is 2.05. The number of hydrogen-bond donors (Lipinski definition) is 0. The maximum Gasteiger partial charge on any atom is 0.177 e. The number of benzene rings is 1. The molecule has 2 nitrogen and oxygen atoms in total. The van der Waals surface area contributed by atoms with Gasteiger partial charge in [-0.15, -0.1) is 0 Å². The fourth-order valence-corrected chi connectivity index (χ4v) is 1.41. The van der Waals surface area contributed by atoms with Crippen LogP contribution in [0.5, 0.6) is 0 Å². The molecule has 0 aliphatic heterocycles. The summed E-state index contributed by atoms with van der Waals surface area (Å²) in [5.74, 6) is 0. The molecule has 0 amide bonds. The lowest BCUT2D eigenvalue weighted by Gasteiger charge is -2.04. The van der Waals surface area contributed by atoms with Gasteiger partial charge in [-0.3, -0.25) is 0 Å². The zero-order chi connectivity index (χ0) is 9.97. The third kappa shape index (κ3) is 1.69. The Morgan fingerprint density at radius 3 is 2.50 bits per heavy atom. The van der Waals surface area contributed by atoms with E-state index in [1.807, 2.05) is 17.6 Å². The molecule has 0 saturated heterocycles. The van der Waals surface area contributed by atoms with Crippen molar-refractivity contribution in [2.45, 2.75) is 20.4 Å². The van der Waals surface area contributed by atoms with Crippen LogP contribution >= 0.6 is 0 Å². The van der Waals surface area contributed by atoms with E-state index in [1.165, 1.54) is 11.3 Å². The molecule has 14 heavy (non-hydrogen) atoms. The van der Waals surface area contributed by atoms with Gasteiger partial charge >= 0.3 is 0 Å². The van der Waals surface area contributed by atoms with E-state index in [4.69, 9.17) is 0 Å². The topological polar surface area (TPSA) is 17.8 Å². The van der Waals surface area contributed by atoms with Crippen LogP contribution in [0.1, 0.15) is 17.0 Å². The molecule has 0 unspecified atom stereocenters. The van der Waals surface area contributed by atoms with Crippen molar-refractivity contribution in [3.05, 3.63) is 53.6 Å². The molecule has 0 aliphatic carbocycles. The Morgan fingerprint density at radius 2 is 1.93 bits per heavy atom. The van der Waals surface area contributed by atoms with Crippen LogP contribution in [-0.2, 0) is 6.54 Å². The number of rotatable bonds is 2. The summed E-state index contributed by atoms with van der Waals surface area (Å²) in [6.07, 6.45) is 2.99. The normalized spacial score (nSPS) is 10.4. The van der Waals surface area contributed by atoms with E-state index in [-0.39, 0.29) is 0 Å². The summed E-state index contributed by atoms with van der Waals surface area (Å²) in [5, 5.41) is 0. The van der Waals surface area contributed by atoms with Gasteiger partial charge in [-0.2, -0.15) is 0 Å². The minimum atomic E-state index is 0.855. The van der Waals surface area contributed by atoms with Crippen LogP contribution in [0.3, 0.4) is 0 Å². The lowest BCUT2D eigenvalue weighted by Crippen LogP contribution is -2.00. The van der Waals surface area contributed by atoms with Gasteiger partial charge in [-0.05, 0) is 19.4 Å². The minimum absolute atomic E-state index is 0.855. The number of hydrogen-bond acceptors (Lipinski definition) is 1. The molecule has 0 spiro atoms. The first-order valence-corrected chi connectivity index (χ1v) is 4.72. The minimum Gasteiger partial charge on any atom is -0.321 e. The molecule has 1 aromatic heterocycles. The van der Waals surface area contributed by atoms with Crippen molar-refractivity contribution in [3.63, 3.8) is 0 Å². The monoisotopic (exact) mass is 185 g/mol. The molecule has 1 radical (unpaired) electrons. The standard InChI is InChI=1S/C12H13N2/c1-10-11(2)14(9-13-10)8-12-6-4-3-5-7-12/h3-7H,8H2,1-2H3. The molecule has 2 heteroatoms. The van der Waals surface area contributed by atoms with Crippen molar-refractivity contribution >= 4 is 0 Å². The molecule has 0 aliphatic rings. The van der Waals surface area contributed by atoms with Crippen LogP contribution in [-0.4, -0.2) is 9.55 Å². The molecule has 1 heterocycles. The van der Waals surface area contributed by atoms with E-state index in [0.29, 0.717) is 0 Å². The second-order valence-electron chi connectivity index (χ2n) is 3.45. The smallest absolute Gasteiger partial charge is 0.177 e. The SMILES string of the molecule is Cc1n[c]n(Cc2ccccc2)c1C. The Labute approximate surface area is 84.2 Å². The summed E-state index contributed by atoms with van der Waals surface area (Å²) in [7, 11) is 0. The fourth-order valence-electron chi connectivity index (χ4n) is 1.41. The molecule has 0 bridgehead atoms. The van der Waals surface area contributed by atoms with Crippen LogP contribution in [0.25, 0.3) is 0 Å². The van der Waals surface area contributed by atoms with Gasteiger partial charge in [0.2, 0.25) is 0 Å². The first kappa shape index (κ1) is 9.00. The maximum atomic E-state index is 4.15. The Balaban J connectivity index is 2.23. The summed E-state index contributed by atoms with van der Waals surface area (Å²) in [4.78, 5) is 4.15. The summed E-state index contributed by atoms with van der Waals surface area (Å²) >= 11 is 0. The Bertz CT molecular complexity index is 415. The van der Waals surface area contributed by atoms with E-state index in [0.717, 1.165) is 12.2 Å². The van der Waals surface area contributed by atoms with Gasteiger partial charge in [0, 0.05) is 12.2 Å². The highest BCUT2D eigenvalue weighted by atomic mass is 15.0. The first-order chi connectivity index (χ1) is 6.77. The van der Waals surface area contributed by atoms with Gasteiger partial charge in [-0.25, -0.2) is 4.98 Å². The van der Waals surface area contributed by atoms with Crippen LogP contribution < -0.4 is 0 Å². The van der Waals surface area contributed by atoms with Crippen molar-refractivity contribution < 1.29 is 0 Å². The lowest BCUT2D eigenvalue weighted by molar-refractivity contribution is 0.762. The van der Waals surface area contributed by atoms with Crippen molar-refractivity contribution in [2.75, 3.05) is 0 Å². The van der Waals surface area contributed by atoms with E-state index in [1.54, 1.807) is 0 Å². The number of imidazole rings is 1. The molecule has 0 atom stereocenters. The van der Waals surface area contributed by atoms with Crippen LogP contribution in [0.2, 0.25) is 0 Å². The molecule has 2 aromatic rings. The largest absolute Gasteiger partial charge is 0.321 e. The summed E-state index contributed by atoms with van der Waals surface area (Å²) in [6.45, 7) is 4.93. The lowest BCUT2D eigenvalue weighted by atomic mass is 10.2. The molecular weight excluding hydrogens is 172 g/mol. The van der Waals surface area contributed by atoms with Gasteiger partial charge < -0.3 is 4.57 Å². The number of nitrogens with zero attached hydrogens (tertiary/aromatic N) is 2. The van der Waals surface area contributed by atoms with Crippen LogP contribution in [0, 0.1) is 20.2 Å². The molecule has 1 aromatic carbocycles. The van der Waals surface area contributed by atoms with Gasteiger partial charge in [0.25, 0.3) is 0 Å². The number of aromatic nitrogens is 2. The Morgan fingerprint density at radius 1 is 1.21 bits per heavy atom. The Kier molecular flexibility index (Phi) is 2.35. The highest BCUT2D eigenvalue weighted by Crippen LogP contribution is 2.07. The molecular formula is C12H13N2. The maximum absolute atomic E-state index is 4.15.